The number of aliphatic hydroxyl groups excluding tert-OH is 1. The molecule has 2 aliphatic rings. The van der Waals surface area contributed by atoms with Gasteiger partial charge in [0.25, 0.3) is 5.91 Å². The van der Waals surface area contributed by atoms with E-state index in [2.05, 4.69) is 4.98 Å². The third-order valence-electron chi connectivity index (χ3n) is 5.66. The molecule has 2 bridgehead atoms. The number of hydrogen-bond donors (Lipinski definition) is 1. The Kier molecular flexibility index (Phi) is 4.41. The van der Waals surface area contributed by atoms with Gasteiger partial charge < -0.3 is 14.7 Å². The topological polar surface area (TPSA) is 62.7 Å². The largest absolute Gasteiger partial charge is 0.481 e. The van der Waals surface area contributed by atoms with E-state index >= 15 is 0 Å². The van der Waals surface area contributed by atoms with E-state index in [0.29, 0.717) is 24.3 Å². The Morgan fingerprint density at radius 3 is 2.62 bits per heavy atom. The number of nitrogens with zero attached hydrogens (tertiary/aromatic N) is 2. The third-order valence-corrected chi connectivity index (χ3v) is 5.66. The maximum atomic E-state index is 13.1. The van der Waals surface area contributed by atoms with E-state index < -0.39 is 0 Å². The first-order chi connectivity index (χ1) is 12.6. The van der Waals surface area contributed by atoms with Gasteiger partial charge in [0.15, 0.2) is 0 Å². The Balaban J connectivity index is 1.63. The molecule has 3 heterocycles. The summed E-state index contributed by atoms with van der Waals surface area (Å²) in [5, 5.41) is 9.97. The van der Waals surface area contributed by atoms with Crippen molar-refractivity contribution >= 4 is 5.91 Å². The van der Waals surface area contributed by atoms with Crippen molar-refractivity contribution in [1.29, 1.82) is 0 Å². The van der Waals surface area contributed by atoms with Crippen LogP contribution in [0.3, 0.4) is 0 Å². The number of amides is 1. The minimum Gasteiger partial charge on any atom is -0.481 e. The van der Waals surface area contributed by atoms with Crippen molar-refractivity contribution in [2.75, 3.05) is 7.11 Å². The van der Waals surface area contributed by atoms with Crippen LogP contribution in [0.5, 0.6) is 5.88 Å². The number of carbonyl (C=O) groups is 1. The standard InChI is InChI=1S/C21H24N2O3/c1-13-8-20(26-2)22-12-19(13)14-4-3-5-15(9-14)21(25)23-16-6-7-17(23)11-18(24)10-16/h3-5,8-9,12,16-18,24H,6-7,10-11H2,1-2H3/t16-,17+,18?. The molecule has 3 atom stereocenters. The minimum atomic E-state index is -0.268. The predicted octanol–water partition coefficient (Wildman–Crippen LogP) is 3.19. The van der Waals surface area contributed by atoms with Crippen LogP contribution in [0.4, 0.5) is 0 Å². The maximum absolute atomic E-state index is 13.1. The first-order valence-electron chi connectivity index (χ1n) is 9.18. The number of aromatic nitrogens is 1. The van der Waals surface area contributed by atoms with Crippen molar-refractivity contribution in [3.63, 3.8) is 0 Å². The second-order valence-electron chi connectivity index (χ2n) is 7.35. The number of benzene rings is 1. The van der Waals surface area contributed by atoms with Gasteiger partial charge in [-0.05, 0) is 55.9 Å². The molecule has 5 heteroatoms. The summed E-state index contributed by atoms with van der Waals surface area (Å²) >= 11 is 0. The molecular weight excluding hydrogens is 328 g/mol. The minimum absolute atomic E-state index is 0.0744. The molecule has 1 aromatic carbocycles. The van der Waals surface area contributed by atoms with Gasteiger partial charge in [-0.2, -0.15) is 0 Å². The fourth-order valence-electron chi connectivity index (χ4n) is 4.39. The molecule has 26 heavy (non-hydrogen) atoms. The summed E-state index contributed by atoms with van der Waals surface area (Å²) in [6, 6.07) is 9.99. The van der Waals surface area contributed by atoms with E-state index in [9.17, 15) is 9.90 Å². The molecule has 2 saturated heterocycles. The van der Waals surface area contributed by atoms with Crippen LogP contribution in [0.25, 0.3) is 11.1 Å². The highest BCUT2D eigenvalue weighted by Crippen LogP contribution is 2.37. The Bertz CT molecular complexity index is 822. The molecular formula is C21H24N2O3. The highest BCUT2D eigenvalue weighted by atomic mass is 16.5. The Morgan fingerprint density at radius 1 is 1.23 bits per heavy atom. The van der Waals surface area contributed by atoms with Gasteiger partial charge in [0.2, 0.25) is 5.88 Å². The molecule has 0 spiro atoms. The van der Waals surface area contributed by atoms with Crippen molar-refractivity contribution in [1.82, 2.24) is 9.88 Å². The van der Waals surface area contributed by atoms with Crippen LogP contribution in [0.1, 0.15) is 41.6 Å². The first-order valence-corrected chi connectivity index (χ1v) is 9.18. The summed E-state index contributed by atoms with van der Waals surface area (Å²) in [5.74, 6) is 0.660. The number of ether oxygens (including phenoxy) is 1. The van der Waals surface area contributed by atoms with E-state index in [1.165, 1.54) is 0 Å². The first kappa shape index (κ1) is 17.0. The lowest BCUT2D eigenvalue weighted by Gasteiger charge is -2.37. The summed E-state index contributed by atoms with van der Waals surface area (Å²) < 4.78 is 5.17. The highest BCUT2D eigenvalue weighted by molar-refractivity contribution is 5.96. The van der Waals surface area contributed by atoms with E-state index in [0.717, 1.165) is 29.5 Å². The monoisotopic (exact) mass is 352 g/mol. The van der Waals surface area contributed by atoms with E-state index in [1.54, 1.807) is 13.3 Å². The summed E-state index contributed by atoms with van der Waals surface area (Å²) in [5.41, 5.74) is 3.74. The Hall–Kier alpha value is -2.40. The van der Waals surface area contributed by atoms with Gasteiger partial charge in [-0.3, -0.25) is 4.79 Å². The molecule has 136 valence electrons. The van der Waals surface area contributed by atoms with Crippen LogP contribution < -0.4 is 4.74 Å². The number of pyridine rings is 1. The third kappa shape index (κ3) is 2.97. The van der Waals surface area contributed by atoms with Crippen LogP contribution in [0.15, 0.2) is 36.5 Å². The van der Waals surface area contributed by atoms with Crippen molar-refractivity contribution in [2.24, 2.45) is 0 Å². The lowest BCUT2D eigenvalue weighted by Crippen LogP contribution is -2.48. The highest BCUT2D eigenvalue weighted by Gasteiger charge is 2.42. The molecule has 0 saturated carbocycles. The molecule has 5 nitrogen and oxygen atoms in total. The number of hydrogen-bond acceptors (Lipinski definition) is 4. The van der Waals surface area contributed by atoms with Gasteiger partial charge in [0.05, 0.1) is 13.2 Å². The number of fused-ring (bicyclic) bond motifs is 2. The molecule has 1 amide bonds. The molecule has 1 aromatic heterocycles. The predicted molar refractivity (Wildman–Crippen MR) is 99.2 cm³/mol. The normalized spacial score (nSPS) is 24.6. The molecule has 2 fully saturated rings. The smallest absolute Gasteiger partial charge is 0.254 e. The summed E-state index contributed by atoms with van der Waals surface area (Å²) in [6.45, 7) is 2.01. The average Bonchev–Trinajstić information content (AvgIpc) is 2.92. The zero-order chi connectivity index (χ0) is 18.3. The van der Waals surface area contributed by atoms with Crippen molar-refractivity contribution < 1.29 is 14.6 Å². The maximum Gasteiger partial charge on any atom is 0.254 e. The lowest BCUT2D eigenvalue weighted by atomic mass is 9.97. The van der Waals surface area contributed by atoms with Crippen molar-refractivity contribution in [3.8, 4) is 17.0 Å². The van der Waals surface area contributed by atoms with Crippen molar-refractivity contribution in [2.45, 2.75) is 50.8 Å². The number of rotatable bonds is 3. The van der Waals surface area contributed by atoms with Crippen LogP contribution in [-0.2, 0) is 0 Å². The van der Waals surface area contributed by atoms with E-state index in [-0.39, 0.29) is 24.1 Å². The van der Waals surface area contributed by atoms with E-state index in [1.807, 2.05) is 42.2 Å². The van der Waals surface area contributed by atoms with Gasteiger partial charge in [0, 0.05) is 35.5 Å². The molecule has 2 aliphatic heterocycles. The lowest BCUT2D eigenvalue weighted by molar-refractivity contribution is 0.0287. The van der Waals surface area contributed by atoms with Crippen LogP contribution in [0.2, 0.25) is 0 Å². The van der Waals surface area contributed by atoms with Gasteiger partial charge >= 0.3 is 0 Å². The summed E-state index contributed by atoms with van der Waals surface area (Å²) in [6.07, 6.45) is 4.91. The molecule has 1 unspecified atom stereocenters. The molecule has 0 aliphatic carbocycles. The molecule has 4 rings (SSSR count). The second-order valence-corrected chi connectivity index (χ2v) is 7.35. The number of methoxy groups -OCH3 is 1. The molecule has 1 N–H and O–H groups in total. The Labute approximate surface area is 153 Å². The quantitative estimate of drug-likeness (QED) is 0.921. The molecule has 0 radical (unpaired) electrons. The second kappa shape index (κ2) is 6.72. The van der Waals surface area contributed by atoms with Gasteiger partial charge in [-0.15, -0.1) is 0 Å². The molecule has 2 aromatic rings. The fraction of sp³-hybridized carbons (Fsp3) is 0.429. The van der Waals surface area contributed by atoms with Crippen LogP contribution in [-0.4, -0.2) is 46.2 Å². The zero-order valence-electron chi connectivity index (χ0n) is 15.2. The van der Waals surface area contributed by atoms with E-state index in [4.69, 9.17) is 4.74 Å². The SMILES string of the molecule is COc1cc(C)c(-c2cccc(C(=O)N3[C@@H]4CC[C@H]3CC(O)C4)c2)cn1. The van der Waals surface area contributed by atoms with Gasteiger partial charge in [0.1, 0.15) is 0 Å². The van der Waals surface area contributed by atoms with Gasteiger partial charge in [-0.1, -0.05) is 12.1 Å². The zero-order valence-corrected chi connectivity index (χ0v) is 15.2. The fourth-order valence-corrected chi connectivity index (χ4v) is 4.39. The summed E-state index contributed by atoms with van der Waals surface area (Å²) in [4.78, 5) is 19.4. The number of carbonyl (C=O) groups excluding carboxylic acids is 1. The summed E-state index contributed by atoms with van der Waals surface area (Å²) in [7, 11) is 1.60. The number of aryl methyl sites for hydroxylation is 1. The number of aliphatic hydroxyl groups is 1. The average molecular weight is 352 g/mol. The van der Waals surface area contributed by atoms with Crippen LogP contribution in [0, 0.1) is 6.92 Å². The van der Waals surface area contributed by atoms with Gasteiger partial charge in [-0.25, -0.2) is 4.98 Å². The Morgan fingerprint density at radius 2 is 1.96 bits per heavy atom. The van der Waals surface area contributed by atoms with Crippen molar-refractivity contribution in [3.05, 3.63) is 47.7 Å². The van der Waals surface area contributed by atoms with Crippen LogP contribution >= 0.6 is 0 Å². The number of piperidine rings is 1.